The zero-order valence-electron chi connectivity index (χ0n) is 21.0. The monoisotopic (exact) mass is 482 g/mol. The van der Waals surface area contributed by atoms with E-state index in [0.717, 1.165) is 84.2 Å². The number of anilines is 3. The highest BCUT2D eigenvalue weighted by Gasteiger charge is 2.26. The summed E-state index contributed by atoms with van der Waals surface area (Å²) in [4.78, 5) is 27.6. The summed E-state index contributed by atoms with van der Waals surface area (Å²) < 4.78 is 0. The number of nitrogens with one attached hydrogen (secondary N) is 2. The van der Waals surface area contributed by atoms with Crippen LogP contribution in [-0.2, 0) is 4.79 Å². The van der Waals surface area contributed by atoms with Gasteiger partial charge in [-0.15, -0.1) is 0 Å². The standard InChI is InChI=1S/C29H34N6O/c1-2-20-17-31-26-8-6-21(22-14-24(19-30-16-22)34-10-3-4-11-34)15-25(26)28(20)29(36)33-23-7-9-27(32-18-23)35-12-5-13-35/h6-9,14-16,18,24,31H,2-5,10-13,17,19H2,1H3,(H,33,36). The number of hydrogen-bond acceptors (Lipinski definition) is 6. The molecule has 0 saturated carbocycles. The lowest BCUT2D eigenvalue weighted by molar-refractivity contribution is -0.111. The van der Waals surface area contributed by atoms with Gasteiger partial charge in [-0.05, 0) is 79.7 Å². The lowest BCUT2D eigenvalue weighted by Gasteiger charge is -2.32. The highest BCUT2D eigenvalue weighted by Crippen LogP contribution is 2.36. The van der Waals surface area contributed by atoms with Gasteiger partial charge in [-0.3, -0.25) is 14.7 Å². The van der Waals surface area contributed by atoms with E-state index in [2.05, 4.69) is 56.6 Å². The molecule has 2 saturated heterocycles. The van der Waals surface area contributed by atoms with E-state index in [0.29, 0.717) is 12.6 Å². The van der Waals surface area contributed by atoms with Crippen LogP contribution in [0.15, 0.2) is 53.2 Å². The van der Waals surface area contributed by atoms with Gasteiger partial charge >= 0.3 is 0 Å². The molecule has 4 aliphatic heterocycles. The number of likely N-dealkylation sites (tertiary alicyclic amines) is 1. The van der Waals surface area contributed by atoms with Crippen LogP contribution in [0.4, 0.5) is 17.2 Å². The molecule has 7 heteroatoms. The van der Waals surface area contributed by atoms with Gasteiger partial charge in [0.25, 0.3) is 5.91 Å². The van der Waals surface area contributed by atoms with E-state index in [4.69, 9.17) is 4.99 Å². The third-order valence-electron chi connectivity index (χ3n) is 7.81. The van der Waals surface area contributed by atoms with E-state index < -0.39 is 0 Å². The summed E-state index contributed by atoms with van der Waals surface area (Å²) in [5, 5.41) is 6.62. The number of nitrogens with zero attached hydrogens (tertiary/aromatic N) is 4. The average Bonchev–Trinajstić information content (AvgIpc) is 3.43. The highest BCUT2D eigenvalue weighted by atomic mass is 16.1. The minimum atomic E-state index is -0.0773. The summed E-state index contributed by atoms with van der Waals surface area (Å²) in [5.41, 5.74) is 6.79. The van der Waals surface area contributed by atoms with Gasteiger partial charge in [0, 0.05) is 48.7 Å². The van der Waals surface area contributed by atoms with E-state index in [1.54, 1.807) is 6.20 Å². The molecule has 0 aliphatic carbocycles. The third-order valence-corrected chi connectivity index (χ3v) is 7.81. The maximum Gasteiger partial charge on any atom is 0.256 e. The molecule has 1 aromatic carbocycles. The van der Waals surface area contributed by atoms with Gasteiger partial charge in [-0.1, -0.05) is 19.1 Å². The second-order valence-corrected chi connectivity index (χ2v) is 10.1. The molecule has 1 atom stereocenters. The van der Waals surface area contributed by atoms with Gasteiger partial charge in [-0.25, -0.2) is 4.98 Å². The second kappa shape index (κ2) is 9.90. The number of hydrogen-bond donors (Lipinski definition) is 2. The van der Waals surface area contributed by atoms with Crippen molar-refractivity contribution >= 4 is 40.5 Å². The van der Waals surface area contributed by atoms with Gasteiger partial charge in [0.2, 0.25) is 0 Å². The third kappa shape index (κ3) is 4.44. The topological polar surface area (TPSA) is 72.9 Å². The van der Waals surface area contributed by atoms with E-state index in [1.165, 1.54) is 19.3 Å². The number of benzene rings is 1. The Morgan fingerprint density at radius 2 is 1.97 bits per heavy atom. The summed E-state index contributed by atoms with van der Waals surface area (Å²) in [6.45, 7) is 8.03. The Balaban J connectivity index is 1.28. The number of carbonyl (C=O) groups excluding carboxylic acids is 1. The number of amides is 1. The molecule has 0 bridgehead atoms. The SMILES string of the molecule is CCC1=C(C(=O)Nc2ccc(N3CCC3)nc2)c2cc(C3=CC(N4CCCC4)CN=C3)ccc2NC1. The normalized spacial score (nSPS) is 21.5. The molecule has 0 radical (unpaired) electrons. The van der Waals surface area contributed by atoms with Crippen LogP contribution in [0.2, 0.25) is 0 Å². The first-order valence-electron chi connectivity index (χ1n) is 13.3. The van der Waals surface area contributed by atoms with Crippen molar-refractivity contribution in [2.45, 2.75) is 38.6 Å². The van der Waals surface area contributed by atoms with Crippen LogP contribution < -0.4 is 15.5 Å². The fourth-order valence-corrected chi connectivity index (χ4v) is 5.56. The molecule has 1 amide bonds. The van der Waals surface area contributed by atoms with E-state index in [-0.39, 0.29) is 5.91 Å². The molecular weight excluding hydrogens is 448 g/mol. The number of dihydropyridines is 1. The maximum atomic E-state index is 13.6. The second-order valence-electron chi connectivity index (χ2n) is 10.1. The zero-order chi connectivity index (χ0) is 24.5. The molecular formula is C29H34N6O. The molecule has 6 rings (SSSR count). The smallest absolute Gasteiger partial charge is 0.256 e. The summed E-state index contributed by atoms with van der Waals surface area (Å²) in [5.74, 6) is 0.894. The lowest BCUT2D eigenvalue weighted by Crippen LogP contribution is -2.37. The first kappa shape index (κ1) is 23.0. The van der Waals surface area contributed by atoms with Crippen LogP contribution in [0.25, 0.3) is 11.1 Å². The fraction of sp³-hybridized carbons (Fsp3) is 0.414. The Morgan fingerprint density at radius 3 is 2.69 bits per heavy atom. The molecule has 7 nitrogen and oxygen atoms in total. The number of aromatic nitrogens is 1. The molecule has 1 aromatic heterocycles. The van der Waals surface area contributed by atoms with Crippen LogP contribution in [0, 0.1) is 0 Å². The highest BCUT2D eigenvalue weighted by molar-refractivity contribution is 6.28. The van der Waals surface area contributed by atoms with Gasteiger partial charge in [0.1, 0.15) is 5.82 Å². The largest absolute Gasteiger partial charge is 0.381 e. The van der Waals surface area contributed by atoms with Crippen LogP contribution in [0.1, 0.15) is 43.7 Å². The molecule has 2 N–H and O–H groups in total. The molecule has 2 fully saturated rings. The van der Waals surface area contributed by atoms with Crippen molar-refractivity contribution in [3.63, 3.8) is 0 Å². The Labute approximate surface area is 213 Å². The number of pyridine rings is 1. The summed E-state index contributed by atoms with van der Waals surface area (Å²) >= 11 is 0. The van der Waals surface area contributed by atoms with Crippen LogP contribution >= 0.6 is 0 Å². The van der Waals surface area contributed by atoms with E-state index in [9.17, 15) is 4.79 Å². The Bertz CT molecular complexity index is 1230. The van der Waals surface area contributed by atoms with Crippen LogP contribution in [0.3, 0.4) is 0 Å². The zero-order valence-corrected chi connectivity index (χ0v) is 21.0. The van der Waals surface area contributed by atoms with Crippen molar-refractivity contribution in [3.05, 3.63) is 59.3 Å². The first-order valence-corrected chi connectivity index (χ1v) is 13.3. The molecule has 0 spiro atoms. The van der Waals surface area contributed by atoms with Crippen molar-refractivity contribution in [2.24, 2.45) is 4.99 Å². The quantitative estimate of drug-likeness (QED) is 0.636. The van der Waals surface area contributed by atoms with Crippen LogP contribution in [0.5, 0.6) is 0 Å². The van der Waals surface area contributed by atoms with Crippen LogP contribution in [-0.4, -0.2) is 67.3 Å². The van der Waals surface area contributed by atoms with Gasteiger partial charge < -0.3 is 15.5 Å². The number of aliphatic imine (C=N–C) groups is 1. The average molecular weight is 483 g/mol. The van der Waals surface area contributed by atoms with Gasteiger partial charge in [0.15, 0.2) is 0 Å². The number of rotatable bonds is 6. The predicted molar refractivity (Wildman–Crippen MR) is 148 cm³/mol. The number of allylic oxidation sites excluding steroid dienone is 1. The van der Waals surface area contributed by atoms with Crippen molar-refractivity contribution in [1.82, 2.24) is 9.88 Å². The molecule has 2 aromatic rings. The van der Waals surface area contributed by atoms with E-state index in [1.807, 2.05) is 18.3 Å². The Kier molecular flexibility index (Phi) is 6.32. The molecule has 5 heterocycles. The van der Waals surface area contributed by atoms with Crippen molar-refractivity contribution in [3.8, 4) is 0 Å². The van der Waals surface area contributed by atoms with Crippen molar-refractivity contribution in [2.75, 3.05) is 54.8 Å². The maximum absolute atomic E-state index is 13.6. The first-order chi connectivity index (χ1) is 17.7. The number of carbonyl (C=O) groups is 1. The predicted octanol–water partition coefficient (Wildman–Crippen LogP) is 4.45. The lowest BCUT2D eigenvalue weighted by atomic mass is 9.89. The Morgan fingerprint density at radius 1 is 1.11 bits per heavy atom. The van der Waals surface area contributed by atoms with Crippen molar-refractivity contribution < 1.29 is 4.79 Å². The minimum absolute atomic E-state index is 0.0773. The van der Waals surface area contributed by atoms with Crippen molar-refractivity contribution in [1.29, 1.82) is 0 Å². The molecule has 1 unspecified atom stereocenters. The minimum Gasteiger partial charge on any atom is -0.381 e. The molecule has 36 heavy (non-hydrogen) atoms. The summed E-state index contributed by atoms with van der Waals surface area (Å²) in [6, 6.07) is 10.7. The summed E-state index contributed by atoms with van der Waals surface area (Å²) in [6.07, 6.45) is 10.7. The van der Waals surface area contributed by atoms with Gasteiger partial charge in [0.05, 0.1) is 18.4 Å². The molecule has 186 valence electrons. The summed E-state index contributed by atoms with van der Waals surface area (Å²) in [7, 11) is 0. The fourth-order valence-electron chi connectivity index (χ4n) is 5.56. The van der Waals surface area contributed by atoms with E-state index >= 15 is 0 Å². The van der Waals surface area contributed by atoms with Gasteiger partial charge in [-0.2, -0.15) is 0 Å². The molecule has 4 aliphatic rings. The number of fused-ring (bicyclic) bond motifs is 1. The Hall–Kier alpha value is -3.45.